The predicted molar refractivity (Wildman–Crippen MR) is 195 cm³/mol. The first-order valence-electron chi connectivity index (χ1n) is 16.6. The lowest BCUT2D eigenvalue weighted by Gasteiger charge is -2.34. The van der Waals surface area contributed by atoms with Gasteiger partial charge in [-0.1, -0.05) is 68.4 Å². The summed E-state index contributed by atoms with van der Waals surface area (Å²) in [5.74, 6) is 0.440. The first kappa shape index (κ1) is 37.8. The Morgan fingerprint density at radius 2 is 1.50 bits per heavy atom. The molecule has 0 fully saturated rings. The molecule has 0 unspecified atom stereocenters. The number of benzene rings is 4. The number of aryl methyl sites for hydroxylation is 1. The van der Waals surface area contributed by atoms with Crippen molar-refractivity contribution in [1.29, 1.82) is 0 Å². The van der Waals surface area contributed by atoms with Crippen LogP contribution < -0.4 is 23.8 Å². The lowest BCUT2D eigenvalue weighted by Crippen LogP contribution is -2.53. The number of rotatable bonds is 17. The highest BCUT2D eigenvalue weighted by Gasteiger charge is 2.35. The van der Waals surface area contributed by atoms with E-state index in [-0.39, 0.29) is 41.1 Å². The van der Waals surface area contributed by atoms with E-state index in [0.717, 1.165) is 21.0 Å². The normalized spacial score (nSPS) is 11.8. The Hall–Kier alpha value is -5.03. The van der Waals surface area contributed by atoms with E-state index < -0.39 is 28.5 Å². The van der Waals surface area contributed by atoms with E-state index in [0.29, 0.717) is 24.7 Å². The fraction of sp³-hybridized carbons (Fsp3) is 0.333. The van der Waals surface area contributed by atoms with Crippen molar-refractivity contribution in [1.82, 2.24) is 10.2 Å². The fourth-order valence-corrected chi connectivity index (χ4v) is 6.89. The standard InChI is InChI=1S/C39H47N3O7S/c1-7-49-33-19-17-32(18-20-33)42(50(45,46)34-21-22-36(47-5)37(24-34)48-6)27-38(43)41(26-31-16-12-11-13-29(31)4)35(39(44)40-25-28(2)3)23-30-14-9-8-10-15-30/h8-22,24,28,35H,7,23,25-27H2,1-6H3,(H,40,44)/t35-/m0/s1. The minimum atomic E-state index is -4.36. The van der Waals surface area contributed by atoms with Gasteiger partial charge in [-0.15, -0.1) is 0 Å². The molecule has 0 radical (unpaired) electrons. The molecule has 0 spiro atoms. The van der Waals surface area contributed by atoms with Gasteiger partial charge in [-0.3, -0.25) is 13.9 Å². The van der Waals surface area contributed by atoms with Crippen molar-refractivity contribution in [2.45, 2.75) is 51.6 Å². The summed E-state index contributed by atoms with van der Waals surface area (Å²) in [6.07, 6.45) is 0.230. The van der Waals surface area contributed by atoms with Crippen LogP contribution in [0.25, 0.3) is 0 Å². The number of anilines is 1. The van der Waals surface area contributed by atoms with Gasteiger partial charge in [-0.25, -0.2) is 8.42 Å². The first-order chi connectivity index (χ1) is 24.0. The van der Waals surface area contributed by atoms with Crippen molar-refractivity contribution < 1.29 is 32.2 Å². The Kier molecular flexibility index (Phi) is 13.3. The number of nitrogens with one attached hydrogen (secondary N) is 1. The van der Waals surface area contributed by atoms with Gasteiger partial charge in [0, 0.05) is 25.6 Å². The van der Waals surface area contributed by atoms with Crippen molar-refractivity contribution >= 4 is 27.5 Å². The molecular formula is C39H47N3O7S. The highest BCUT2D eigenvalue weighted by atomic mass is 32.2. The Labute approximate surface area is 296 Å². The van der Waals surface area contributed by atoms with Crippen molar-refractivity contribution in [3.05, 3.63) is 114 Å². The van der Waals surface area contributed by atoms with Gasteiger partial charge in [0.25, 0.3) is 10.0 Å². The number of nitrogens with zero attached hydrogens (tertiary/aromatic N) is 2. The van der Waals surface area contributed by atoms with Crippen LogP contribution in [0.4, 0.5) is 5.69 Å². The molecule has 0 bridgehead atoms. The lowest BCUT2D eigenvalue weighted by atomic mass is 10.0. The van der Waals surface area contributed by atoms with E-state index in [2.05, 4.69) is 5.32 Å². The molecule has 10 nitrogen and oxygen atoms in total. The van der Waals surface area contributed by atoms with Gasteiger partial charge in [0.15, 0.2) is 11.5 Å². The quantitative estimate of drug-likeness (QED) is 0.143. The van der Waals surface area contributed by atoms with Crippen LogP contribution in [0, 0.1) is 12.8 Å². The van der Waals surface area contributed by atoms with Gasteiger partial charge in [0.1, 0.15) is 18.3 Å². The Morgan fingerprint density at radius 1 is 0.840 bits per heavy atom. The molecule has 0 saturated heterocycles. The summed E-state index contributed by atoms with van der Waals surface area (Å²) in [6, 6.07) is 27.0. The van der Waals surface area contributed by atoms with E-state index >= 15 is 0 Å². The summed E-state index contributed by atoms with van der Waals surface area (Å²) < 4.78 is 46.4. The van der Waals surface area contributed by atoms with E-state index in [4.69, 9.17) is 14.2 Å². The smallest absolute Gasteiger partial charge is 0.264 e. The van der Waals surface area contributed by atoms with E-state index in [1.54, 1.807) is 24.3 Å². The number of sulfonamides is 1. The van der Waals surface area contributed by atoms with Gasteiger partial charge in [-0.2, -0.15) is 0 Å². The predicted octanol–water partition coefficient (Wildman–Crippen LogP) is 6.02. The van der Waals surface area contributed by atoms with E-state index in [9.17, 15) is 18.0 Å². The zero-order valence-corrected chi connectivity index (χ0v) is 30.4. The lowest BCUT2D eigenvalue weighted by molar-refractivity contribution is -0.140. The van der Waals surface area contributed by atoms with Crippen LogP contribution in [0.15, 0.2) is 102 Å². The molecule has 1 N–H and O–H groups in total. The molecule has 1 atom stereocenters. The zero-order valence-electron chi connectivity index (χ0n) is 29.6. The molecule has 0 aliphatic carbocycles. The first-order valence-corrected chi connectivity index (χ1v) is 18.1. The van der Waals surface area contributed by atoms with Crippen LogP contribution in [-0.4, -0.2) is 65.1 Å². The second-order valence-corrected chi connectivity index (χ2v) is 14.1. The summed E-state index contributed by atoms with van der Waals surface area (Å²) in [7, 11) is -1.48. The molecule has 0 aromatic heterocycles. The van der Waals surface area contributed by atoms with Gasteiger partial charge >= 0.3 is 0 Å². The van der Waals surface area contributed by atoms with Crippen molar-refractivity contribution in [2.24, 2.45) is 5.92 Å². The Morgan fingerprint density at radius 3 is 2.12 bits per heavy atom. The molecule has 11 heteroatoms. The number of carbonyl (C=O) groups is 2. The van der Waals surface area contributed by atoms with Crippen LogP contribution >= 0.6 is 0 Å². The summed E-state index contributed by atoms with van der Waals surface area (Å²) in [5.41, 5.74) is 2.89. The highest BCUT2D eigenvalue weighted by Crippen LogP contribution is 2.33. The van der Waals surface area contributed by atoms with E-state index in [1.165, 1.54) is 37.3 Å². The third kappa shape index (κ3) is 9.56. The van der Waals surface area contributed by atoms with Crippen LogP contribution in [0.3, 0.4) is 0 Å². The molecule has 2 amide bonds. The van der Waals surface area contributed by atoms with Crippen molar-refractivity contribution in [2.75, 3.05) is 38.2 Å². The van der Waals surface area contributed by atoms with Gasteiger partial charge in [0.05, 0.1) is 31.4 Å². The maximum Gasteiger partial charge on any atom is 0.264 e. The van der Waals surface area contributed by atoms with Crippen LogP contribution in [0.1, 0.15) is 37.5 Å². The molecular weight excluding hydrogens is 655 g/mol. The monoisotopic (exact) mass is 701 g/mol. The van der Waals surface area contributed by atoms with Crippen molar-refractivity contribution in [3.63, 3.8) is 0 Å². The highest BCUT2D eigenvalue weighted by molar-refractivity contribution is 7.92. The summed E-state index contributed by atoms with van der Waals surface area (Å²) in [5, 5.41) is 3.02. The molecule has 4 rings (SSSR count). The van der Waals surface area contributed by atoms with Gasteiger partial charge in [-0.05, 0) is 72.9 Å². The number of amides is 2. The van der Waals surface area contributed by atoms with Crippen LogP contribution in [-0.2, 0) is 32.6 Å². The second kappa shape index (κ2) is 17.6. The molecule has 0 aliphatic rings. The third-order valence-corrected chi connectivity index (χ3v) is 9.99. The number of methoxy groups -OCH3 is 2. The molecule has 0 saturated carbocycles. The number of hydrogen-bond donors (Lipinski definition) is 1. The minimum absolute atomic E-state index is 0.0889. The summed E-state index contributed by atoms with van der Waals surface area (Å²) >= 11 is 0. The zero-order chi connectivity index (χ0) is 36.3. The number of ether oxygens (including phenoxy) is 3. The Bertz CT molecular complexity index is 1830. The minimum Gasteiger partial charge on any atom is -0.494 e. The second-order valence-electron chi connectivity index (χ2n) is 12.2. The maximum absolute atomic E-state index is 14.8. The molecule has 50 heavy (non-hydrogen) atoms. The fourth-order valence-electron chi connectivity index (χ4n) is 5.46. The van der Waals surface area contributed by atoms with Crippen LogP contribution in [0.5, 0.6) is 17.2 Å². The van der Waals surface area contributed by atoms with Gasteiger partial charge < -0.3 is 24.4 Å². The summed E-state index contributed by atoms with van der Waals surface area (Å²) in [6.45, 7) is 8.14. The average molecular weight is 702 g/mol. The summed E-state index contributed by atoms with van der Waals surface area (Å²) in [4.78, 5) is 30.2. The maximum atomic E-state index is 14.8. The molecule has 4 aromatic carbocycles. The largest absolute Gasteiger partial charge is 0.494 e. The SMILES string of the molecule is CCOc1ccc(N(CC(=O)N(Cc2ccccc2C)[C@@H](Cc2ccccc2)C(=O)NCC(C)C)S(=O)(=O)c2ccc(OC)c(OC)c2)cc1. The topological polar surface area (TPSA) is 114 Å². The molecule has 0 aliphatic heterocycles. The van der Waals surface area contributed by atoms with Crippen LogP contribution in [0.2, 0.25) is 0 Å². The van der Waals surface area contributed by atoms with E-state index in [1.807, 2.05) is 82.3 Å². The number of hydrogen-bond acceptors (Lipinski definition) is 7. The molecule has 0 heterocycles. The molecule has 4 aromatic rings. The van der Waals surface area contributed by atoms with Gasteiger partial charge in [0.2, 0.25) is 11.8 Å². The third-order valence-electron chi connectivity index (χ3n) is 8.22. The molecule has 266 valence electrons. The number of carbonyl (C=O) groups excluding carboxylic acids is 2. The van der Waals surface area contributed by atoms with Crippen molar-refractivity contribution in [3.8, 4) is 17.2 Å². The average Bonchev–Trinajstić information content (AvgIpc) is 3.12. The Balaban J connectivity index is 1.84.